The third-order valence-electron chi connectivity index (χ3n) is 4.23. The average molecular weight is 399 g/mol. The molecule has 0 atom stereocenters. The van der Waals surface area contributed by atoms with Crippen molar-refractivity contribution in [1.29, 1.82) is 0 Å². The second kappa shape index (κ2) is 7.08. The predicted octanol–water partition coefficient (Wildman–Crippen LogP) is 4.54. The molecule has 0 saturated carbocycles. The molecule has 0 radical (unpaired) electrons. The lowest BCUT2D eigenvalue weighted by Gasteiger charge is -2.14. The molecule has 29 heavy (non-hydrogen) atoms. The highest BCUT2D eigenvalue weighted by Gasteiger charge is 2.32. The van der Waals surface area contributed by atoms with Gasteiger partial charge >= 0.3 is 6.36 Å². The topological polar surface area (TPSA) is 57.8 Å². The van der Waals surface area contributed by atoms with Gasteiger partial charge < -0.3 is 4.74 Å². The summed E-state index contributed by atoms with van der Waals surface area (Å²) in [5.74, 6) is 0.238. The van der Waals surface area contributed by atoms with Gasteiger partial charge in [-0.3, -0.25) is 4.68 Å². The smallest absolute Gasteiger partial charge is 0.405 e. The summed E-state index contributed by atoms with van der Waals surface area (Å²) in [5, 5.41) is 8.79. The molecule has 2 aromatic carbocycles. The maximum atomic E-state index is 12.8. The van der Waals surface area contributed by atoms with Crippen molar-refractivity contribution in [1.82, 2.24) is 24.5 Å². The van der Waals surface area contributed by atoms with E-state index >= 15 is 0 Å². The van der Waals surface area contributed by atoms with Gasteiger partial charge in [0.1, 0.15) is 17.8 Å². The highest BCUT2D eigenvalue weighted by molar-refractivity contribution is 5.72. The van der Waals surface area contributed by atoms with Crippen LogP contribution in [0.25, 0.3) is 28.3 Å². The Balaban J connectivity index is 1.74. The first-order valence-electron chi connectivity index (χ1n) is 8.68. The second-order valence-electron chi connectivity index (χ2n) is 6.42. The van der Waals surface area contributed by atoms with Crippen molar-refractivity contribution in [3.63, 3.8) is 0 Å². The molecular weight excluding hydrogens is 383 g/mol. The van der Waals surface area contributed by atoms with Crippen LogP contribution in [0.5, 0.6) is 5.75 Å². The van der Waals surface area contributed by atoms with Crippen molar-refractivity contribution in [3.05, 3.63) is 66.6 Å². The van der Waals surface area contributed by atoms with Gasteiger partial charge in [0.25, 0.3) is 0 Å². The van der Waals surface area contributed by atoms with E-state index in [1.54, 1.807) is 53.1 Å². The predicted molar refractivity (Wildman–Crippen MR) is 100 cm³/mol. The first kappa shape index (κ1) is 18.7. The van der Waals surface area contributed by atoms with Gasteiger partial charge in [-0.15, -0.1) is 18.3 Å². The van der Waals surface area contributed by atoms with E-state index in [1.165, 1.54) is 12.1 Å². The number of benzene rings is 2. The number of ether oxygens (including phenoxy) is 1. The fourth-order valence-corrected chi connectivity index (χ4v) is 3.03. The van der Waals surface area contributed by atoms with Crippen LogP contribution in [0.4, 0.5) is 13.2 Å². The molecule has 0 aliphatic carbocycles. The third kappa shape index (κ3) is 3.98. The van der Waals surface area contributed by atoms with Gasteiger partial charge in [0.05, 0.1) is 5.69 Å². The van der Waals surface area contributed by atoms with E-state index in [4.69, 9.17) is 0 Å². The Labute approximate surface area is 164 Å². The molecule has 4 rings (SSSR count). The van der Waals surface area contributed by atoms with Gasteiger partial charge in [-0.2, -0.15) is 5.10 Å². The lowest BCUT2D eigenvalue weighted by atomic mass is 10.0. The fourth-order valence-electron chi connectivity index (χ4n) is 3.03. The standard InChI is InChI=1S/C20H16F3N5O/c1-13-10-17(19-24-12-27(2)26-19)25-28(13)15-7-5-6-14(11-15)16-8-3-4-9-18(16)29-20(21,22)23/h3-12H,1-2H3. The summed E-state index contributed by atoms with van der Waals surface area (Å²) in [5.41, 5.74) is 3.06. The van der Waals surface area contributed by atoms with E-state index in [0.29, 0.717) is 28.3 Å². The van der Waals surface area contributed by atoms with Gasteiger partial charge in [0.2, 0.25) is 5.82 Å². The SMILES string of the molecule is Cc1cc(-c2ncn(C)n2)nn1-c1cccc(-c2ccccc2OC(F)(F)F)c1. The Morgan fingerprint density at radius 1 is 0.966 bits per heavy atom. The maximum Gasteiger partial charge on any atom is 0.573 e. The molecule has 0 saturated heterocycles. The zero-order valence-electron chi connectivity index (χ0n) is 15.6. The van der Waals surface area contributed by atoms with Crippen LogP contribution in [-0.2, 0) is 7.05 Å². The molecular formula is C20H16F3N5O. The van der Waals surface area contributed by atoms with Gasteiger partial charge in [0, 0.05) is 18.3 Å². The average Bonchev–Trinajstić information content (AvgIpc) is 3.27. The zero-order chi connectivity index (χ0) is 20.6. The molecule has 9 heteroatoms. The number of hydrogen-bond donors (Lipinski definition) is 0. The Morgan fingerprint density at radius 3 is 2.48 bits per heavy atom. The van der Waals surface area contributed by atoms with Gasteiger partial charge in [-0.05, 0) is 36.8 Å². The minimum Gasteiger partial charge on any atom is -0.405 e. The van der Waals surface area contributed by atoms with Crippen LogP contribution < -0.4 is 4.74 Å². The fraction of sp³-hybridized carbons (Fsp3) is 0.150. The molecule has 148 valence electrons. The summed E-state index contributed by atoms with van der Waals surface area (Å²) >= 11 is 0. The first-order chi connectivity index (χ1) is 13.8. The molecule has 2 heterocycles. The Kier molecular flexibility index (Phi) is 4.57. The van der Waals surface area contributed by atoms with Crippen molar-refractivity contribution in [2.45, 2.75) is 13.3 Å². The van der Waals surface area contributed by atoms with Crippen molar-refractivity contribution in [2.24, 2.45) is 7.05 Å². The van der Waals surface area contributed by atoms with E-state index in [-0.39, 0.29) is 5.75 Å². The number of nitrogens with zero attached hydrogens (tertiary/aromatic N) is 5. The molecule has 0 N–H and O–H groups in total. The Morgan fingerprint density at radius 2 is 1.76 bits per heavy atom. The largest absolute Gasteiger partial charge is 0.573 e. The van der Waals surface area contributed by atoms with Crippen LogP contribution in [0.3, 0.4) is 0 Å². The van der Waals surface area contributed by atoms with E-state index in [9.17, 15) is 13.2 Å². The summed E-state index contributed by atoms with van der Waals surface area (Å²) in [6, 6.07) is 15.0. The Hall–Kier alpha value is -3.62. The van der Waals surface area contributed by atoms with E-state index < -0.39 is 6.36 Å². The molecule has 0 aliphatic heterocycles. The van der Waals surface area contributed by atoms with Gasteiger partial charge in [-0.25, -0.2) is 9.67 Å². The summed E-state index contributed by atoms with van der Waals surface area (Å²) in [4.78, 5) is 4.20. The number of rotatable bonds is 4. The molecule has 6 nitrogen and oxygen atoms in total. The van der Waals surface area contributed by atoms with Crippen molar-refractivity contribution < 1.29 is 17.9 Å². The summed E-state index contributed by atoms with van der Waals surface area (Å²) in [6.07, 6.45) is -3.18. The quantitative estimate of drug-likeness (QED) is 0.506. The van der Waals surface area contributed by atoms with Crippen LogP contribution in [0.15, 0.2) is 60.9 Å². The van der Waals surface area contributed by atoms with Crippen molar-refractivity contribution >= 4 is 0 Å². The molecule has 2 aromatic heterocycles. The summed E-state index contributed by atoms with van der Waals surface area (Å²) in [7, 11) is 1.77. The number of halogens is 3. The number of aromatic nitrogens is 5. The lowest BCUT2D eigenvalue weighted by Crippen LogP contribution is -2.17. The molecule has 0 bridgehead atoms. The summed E-state index contributed by atoms with van der Waals surface area (Å²) < 4.78 is 45.7. The third-order valence-corrected chi connectivity index (χ3v) is 4.23. The monoisotopic (exact) mass is 399 g/mol. The van der Waals surface area contributed by atoms with Gasteiger partial charge in [-0.1, -0.05) is 30.3 Å². The van der Waals surface area contributed by atoms with Crippen LogP contribution >= 0.6 is 0 Å². The molecule has 0 amide bonds. The molecule has 0 spiro atoms. The number of alkyl halides is 3. The van der Waals surface area contributed by atoms with E-state index in [2.05, 4.69) is 19.9 Å². The van der Waals surface area contributed by atoms with Crippen LogP contribution in [0.2, 0.25) is 0 Å². The second-order valence-corrected chi connectivity index (χ2v) is 6.42. The summed E-state index contributed by atoms with van der Waals surface area (Å²) in [6.45, 7) is 1.88. The first-order valence-corrected chi connectivity index (χ1v) is 8.68. The molecule has 0 fully saturated rings. The van der Waals surface area contributed by atoms with Crippen molar-refractivity contribution in [2.75, 3.05) is 0 Å². The molecule has 4 aromatic rings. The lowest BCUT2D eigenvalue weighted by molar-refractivity contribution is -0.274. The highest BCUT2D eigenvalue weighted by atomic mass is 19.4. The minimum atomic E-state index is -4.77. The van der Waals surface area contributed by atoms with Crippen LogP contribution in [0.1, 0.15) is 5.69 Å². The molecule has 0 aliphatic rings. The van der Waals surface area contributed by atoms with E-state index in [0.717, 1.165) is 5.69 Å². The Bertz CT molecular complexity index is 1160. The van der Waals surface area contributed by atoms with Crippen molar-refractivity contribution in [3.8, 4) is 34.1 Å². The van der Waals surface area contributed by atoms with Gasteiger partial charge in [0.15, 0.2) is 0 Å². The maximum absolute atomic E-state index is 12.8. The normalized spacial score (nSPS) is 11.6. The highest BCUT2D eigenvalue weighted by Crippen LogP contribution is 2.34. The number of aryl methyl sites for hydroxylation is 2. The van der Waals surface area contributed by atoms with E-state index in [1.807, 2.05) is 19.1 Å². The van der Waals surface area contributed by atoms with Crippen LogP contribution in [-0.4, -0.2) is 30.9 Å². The zero-order valence-corrected chi connectivity index (χ0v) is 15.6. The minimum absolute atomic E-state index is 0.257. The molecule has 0 unspecified atom stereocenters. The number of para-hydroxylation sites is 1. The number of hydrogen-bond acceptors (Lipinski definition) is 4. The van der Waals surface area contributed by atoms with Crippen LogP contribution in [0, 0.1) is 6.92 Å².